The zero-order valence-electron chi connectivity index (χ0n) is 15.9. The zero-order chi connectivity index (χ0) is 22.2. The van der Waals surface area contributed by atoms with E-state index in [1.165, 1.54) is 7.05 Å². The summed E-state index contributed by atoms with van der Waals surface area (Å²) in [4.78, 5) is 43.9. The molecule has 30 heavy (non-hydrogen) atoms. The minimum absolute atomic E-state index is 0.0649. The lowest BCUT2D eigenvalue weighted by Gasteiger charge is -2.34. The van der Waals surface area contributed by atoms with Gasteiger partial charge in [0.25, 0.3) is 11.8 Å². The Hall–Kier alpha value is -2.37. The van der Waals surface area contributed by atoms with Crippen molar-refractivity contribution in [1.29, 1.82) is 0 Å². The lowest BCUT2D eigenvalue weighted by molar-refractivity contribution is 0.0696. The minimum Gasteiger partial charge on any atom is -0.477 e. The summed E-state index contributed by atoms with van der Waals surface area (Å²) in [5.41, 5.74) is 0.378. The molecule has 2 atom stereocenters. The molecule has 1 aliphatic heterocycles. The molecule has 0 unspecified atom stereocenters. The summed E-state index contributed by atoms with van der Waals surface area (Å²) in [6.45, 7) is 1.85. The number of carbonyl (C=O) groups excluding carboxylic acids is 2. The standard InChI is InChI=1S/C17H18Cl2FN5O4S/c1-6-9(18)10(19)11(22-6)15(27)23-8-3-4-25(5-7(8)20)17-24-12(14(26)21-2)13(30-17)16(28)29/h7-8,22H,3-5H2,1-2H3,(H,21,26)(H,23,27)(H,28,29)/t7-,8+/m0/s1. The van der Waals surface area contributed by atoms with Crippen LogP contribution in [0, 0.1) is 6.92 Å². The fourth-order valence-corrected chi connectivity index (χ4v) is 4.42. The molecule has 13 heteroatoms. The zero-order valence-corrected chi connectivity index (χ0v) is 18.2. The second kappa shape index (κ2) is 8.78. The summed E-state index contributed by atoms with van der Waals surface area (Å²) in [6.07, 6.45) is -1.21. The van der Waals surface area contributed by atoms with E-state index in [2.05, 4.69) is 20.6 Å². The average Bonchev–Trinajstić information content (AvgIpc) is 3.26. The second-order valence-electron chi connectivity index (χ2n) is 6.64. The molecule has 0 saturated carbocycles. The van der Waals surface area contributed by atoms with Crippen LogP contribution in [0.2, 0.25) is 10.0 Å². The van der Waals surface area contributed by atoms with Crippen LogP contribution >= 0.6 is 34.5 Å². The number of nitrogens with one attached hydrogen (secondary N) is 3. The Labute approximate surface area is 184 Å². The number of carboxylic acid groups (broad SMARTS) is 1. The number of aryl methyl sites for hydroxylation is 1. The Morgan fingerprint density at radius 3 is 2.53 bits per heavy atom. The average molecular weight is 478 g/mol. The predicted octanol–water partition coefficient (Wildman–Crippen LogP) is 2.49. The van der Waals surface area contributed by atoms with Crippen LogP contribution in [-0.4, -0.2) is 65.2 Å². The Kier molecular flexibility index (Phi) is 6.53. The van der Waals surface area contributed by atoms with Gasteiger partial charge in [0.15, 0.2) is 10.8 Å². The summed E-state index contributed by atoms with van der Waals surface area (Å²) < 4.78 is 14.8. The SMILES string of the molecule is CNC(=O)c1nc(N2CC[C@@H](NC(=O)c3[nH]c(C)c(Cl)c3Cl)[C@@H](F)C2)sc1C(=O)O. The Bertz CT molecular complexity index is 1010. The van der Waals surface area contributed by atoms with Crippen molar-refractivity contribution < 1.29 is 23.9 Å². The summed E-state index contributed by atoms with van der Waals surface area (Å²) in [7, 11) is 1.36. The van der Waals surface area contributed by atoms with Gasteiger partial charge in [0, 0.05) is 19.3 Å². The fraction of sp³-hybridized carbons (Fsp3) is 0.412. The fourth-order valence-electron chi connectivity index (χ4n) is 3.07. The molecule has 0 aliphatic carbocycles. The number of thiazole rings is 1. The van der Waals surface area contributed by atoms with Crippen molar-refractivity contribution in [3.05, 3.63) is 32.0 Å². The number of anilines is 1. The summed E-state index contributed by atoms with van der Waals surface area (Å²) >= 11 is 12.8. The van der Waals surface area contributed by atoms with Gasteiger partial charge in [-0.25, -0.2) is 14.2 Å². The largest absolute Gasteiger partial charge is 0.477 e. The van der Waals surface area contributed by atoms with Crippen molar-refractivity contribution in [3.63, 3.8) is 0 Å². The maximum absolute atomic E-state index is 14.8. The number of hydrogen-bond acceptors (Lipinski definition) is 6. The van der Waals surface area contributed by atoms with Gasteiger partial charge in [0.1, 0.15) is 16.7 Å². The van der Waals surface area contributed by atoms with E-state index in [-0.39, 0.29) is 44.4 Å². The number of halogens is 3. The first kappa shape index (κ1) is 22.3. The number of nitrogens with zero attached hydrogens (tertiary/aromatic N) is 2. The van der Waals surface area contributed by atoms with Crippen molar-refractivity contribution in [1.82, 2.24) is 20.6 Å². The predicted molar refractivity (Wildman–Crippen MR) is 111 cm³/mol. The molecule has 9 nitrogen and oxygen atoms in total. The van der Waals surface area contributed by atoms with E-state index in [0.29, 0.717) is 12.2 Å². The van der Waals surface area contributed by atoms with Crippen LogP contribution in [0.4, 0.5) is 9.52 Å². The highest BCUT2D eigenvalue weighted by atomic mass is 35.5. The number of aromatic amines is 1. The van der Waals surface area contributed by atoms with Gasteiger partial charge in [0.05, 0.1) is 22.6 Å². The van der Waals surface area contributed by atoms with E-state index in [4.69, 9.17) is 23.2 Å². The molecule has 162 valence electrons. The number of carboxylic acids is 1. The van der Waals surface area contributed by atoms with Gasteiger partial charge in [-0.2, -0.15) is 0 Å². The van der Waals surface area contributed by atoms with Crippen LogP contribution in [0.1, 0.15) is 42.8 Å². The van der Waals surface area contributed by atoms with Crippen LogP contribution in [0.25, 0.3) is 0 Å². The molecular formula is C17H18Cl2FN5O4S. The Balaban J connectivity index is 1.71. The number of amides is 2. The molecule has 4 N–H and O–H groups in total. The first-order chi connectivity index (χ1) is 14.1. The third-order valence-electron chi connectivity index (χ3n) is 4.66. The number of rotatable bonds is 5. The van der Waals surface area contributed by atoms with Crippen molar-refractivity contribution in [3.8, 4) is 0 Å². The highest BCUT2D eigenvalue weighted by Crippen LogP contribution is 2.31. The van der Waals surface area contributed by atoms with Crippen LogP contribution in [0.15, 0.2) is 0 Å². The Morgan fingerprint density at radius 1 is 1.30 bits per heavy atom. The van der Waals surface area contributed by atoms with Crippen molar-refractivity contribution in [2.45, 2.75) is 25.6 Å². The van der Waals surface area contributed by atoms with Crippen molar-refractivity contribution >= 4 is 57.5 Å². The van der Waals surface area contributed by atoms with Crippen molar-refractivity contribution in [2.75, 3.05) is 25.0 Å². The van der Waals surface area contributed by atoms with E-state index in [1.807, 2.05) is 0 Å². The Morgan fingerprint density at radius 2 is 2.00 bits per heavy atom. The second-order valence-corrected chi connectivity index (χ2v) is 8.38. The number of alkyl halides is 1. The third kappa shape index (κ3) is 4.23. The molecule has 2 amide bonds. The van der Waals surface area contributed by atoms with Gasteiger partial charge < -0.3 is 25.6 Å². The summed E-state index contributed by atoms with van der Waals surface area (Å²) in [6, 6.07) is -0.774. The molecule has 2 aromatic rings. The maximum Gasteiger partial charge on any atom is 0.348 e. The molecule has 2 aromatic heterocycles. The maximum atomic E-state index is 14.8. The van der Waals surface area contributed by atoms with E-state index in [1.54, 1.807) is 11.8 Å². The van der Waals surface area contributed by atoms with Gasteiger partial charge >= 0.3 is 5.97 Å². The molecule has 0 radical (unpaired) electrons. The summed E-state index contributed by atoms with van der Waals surface area (Å²) in [5, 5.41) is 14.8. The molecule has 1 aliphatic rings. The third-order valence-corrected chi connectivity index (χ3v) is 6.71. The molecule has 1 fully saturated rings. The lowest BCUT2D eigenvalue weighted by Crippen LogP contribution is -2.52. The molecular weight excluding hydrogens is 460 g/mol. The number of carbonyl (C=O) groups is 3. The van der Waals surface area contributed by atoms with Gasteiger partial charge in [-0.3, -0.25) is 9.59 Å². The molecule has 1 saturated heterocycles. The summed E-state index contributed by atoms with van der Waals surface area (Å²) in [5.74, 6) is -2.49. The van der Waals surface area contributed by atoms with Crippen LogP contribution < -0.4 is 15.5 Å². The highest BCUT2D eigenvalue weighted by molar-refractivity contribution is 7.17. The van der Waals surface area contributed by atoms with Crippen LogP contribution in [0.3, 0.4) is 0 Å². The molecule has 0 spiro atoms. The van der Waals surface area contributed by atoms with E-state index >= 15 is 0 Å². The van der Waals surface area contributed by atoms with Crippen LogP contribution in [0.5, 0.6) is 0 Å². The van der Waals surface area contributed by atoms with Gasteiger partial charge in [-0.15, -0.1) is 0 Å². The normalized spacial score (nSPS) is 18.9. The first-order valence-corrected chi connectivity index (χ1v) is 10.4. The molecule has 3 heterocycles. The number of H-pyrrole nitrogens is 1. The van der Waals surface area contributed by atoms with Gasteiger partial charge in [-0.1, -0.05) is 34.5 Å². The molecule has 0 bridgehead atoms. The highest BCUT2D eigenvalue weighted by Gasteiger charge is 2.34. The molecule has 0 aromatic carbocycles. The van der Waals surface area contributed by atoms with Gasteiger partial charge in [0.2, 0.25) is 0 Å². The minimum atomic E-state index is -1.45. The lowest BCUT2D eigenvalue weighted by atomic mass is 10.0. The van der Waals surface area contributed by atoms with E-state index in [0.717, 1.165) is 11.3 Å². The smallest absolute Gasteiger partial charge is 0.348 e. The monoisotopic (exact) mass is 477 g/mol. The number of aromatic carboxylic acids is 1. The number of piperidine rings is 1. The number of hydrogen-bond donors (Lipinski definition) is 4. The molecule has 3 rings (SSSR count). The van der Waals surface area contributed by atoms with Crippen molar-refractivity contribution in [2.24, 2.45) is 0 Å². The topological polar surface area (TPSA) is 127 Å². The quantitative estimate of drug-likeness (QED) is 0.523. The van der Waals surface area contributed by atoms with E-state index in [9.17, 15) is 23.9 Å². The van der Waals surface area contributed by atoms with Gasteiger partial charge in [-0.05, 0) is 13.3 Å². The first-order valence-electron chi connectivity index (χ1n) is 8.83. The van der Waals surface area contributed by atoms with Crippen LogP contribution in [-0.2, 0) is 0 Å². The van der Waals surface area contributed by atoms with E-state index < -0.39 is 30.0 Å². The number of aromatic nitrogens is 2.